The lowest BCUT2D eigenvalue weighted by molar-refractivity contribution is -0.624. The van der Waals surface area contributed by atoms with Gasteiger partial charge in [0, 0.05) is 39.9 Å². The number of imide groups is 1. The Labute approximate surface area is 285 Å². The second-order valence-electron chi connectivity index (χ2n) is 11.5. The summed E-state index contributed by atoms with van der Waals surface area (Å²) in [6.07, 6.45) is 0.620. The quantitative estimate of drug-likeness (QED) is 0.128. The van der Waals surface area contributed by atoms with E-state index in [2.05, 4.69) is 0 Å². The van der Waals surface area contributed by atoms with Crippen molar-refractivity contribution < 1.29 is 72.9 Å². The summed E-state index contributed by atoms with van der Waals surface area (Å²) in [6, 6.07) is 3.60. The SMILES string of the molecule is COc1cc(OC)c(S(=O)(=O)OC2C3C(=O)C4C=CC(C3C3C(=O)N(OS(=O)(=O)c5c(OC)cc(OC)cc5OC)C(=O)C43)[N+]2=O)c(OC)c1. The van der Waals surface area contributed by atoms with Gasteiger partial charge in [0.25, 0.3) is 11.8 Å². The van der Waals surface area contributed by atoms with Gasteiger partial charge in [0.1, 0.15) is 40.4 Å². The normalized spacial score (nSPS) is 26.9. The molecule has 0 spiro atoms. The smallest absolute Gasteiger partial charge is 0.330 e. The maximum atomic E-state index is 14.0. The third-order valence-corrected chi connectivity index (χ3v) is 11.8. The van der Waals surface area contributed by atoms with E-state index in [4.69, 9.17) is 36.9 Å². The zero-order chi connectivity index (χ0) is 36.4. The summed E-state index contributed by atoms with van der Waals surface area (Å²) in [7, 11) is -2.62. The van der Waals surface area contributed by atoms with E-state index in [0.717, 1.165) is 14.2 Å². The number of hydrogen-bond donors (Lipinski definition) is 0. The van der Waals surface area contributed by atoms with Crippen LogP contribution in [0.5, 0.6) is 34.5 Å². The second-order valence-corrected chi connectivity index (χ2v) is 14.5. The standard InChI is InChI=1S/C30H31N2O16S2/c1-41-13-9-17(43-3)26(18(10-13)44-4)49(37,38)47-30-24-22-16(31(30)36)8-7-15(25(24)33)21-23(22)29(35)32(28(21)34)48-50(39,40)27-19(45-5)11-14(42-2)12-20(27)46-6/h7-12,15-16,21-24,30H,1-6H3/q+1. The molecule has 0 N–H and O–H groups in total. The van der Waals surface area contributed by atoms with E-state index in [1.165, 1.54) is 64.9 Å². The summed E-state index contributed by atoms with van der Waals surface area (Å²) in [4.78, 5) is 54.1. The van der Waals surface area contributed by atoms with Crippen molar-refractivity contribution in [2.75, 3.05) is 42.7 Å². The number of methoxy groups -OCH3 is 6. The number of rotatable bonds is 12. The van der Waals surface area contributed by atoms with E-state index in [0.29, 0.717) is 0 Å². The predicted octanol–water partition coefficient (Wildman–Crippen LogP) is 0.854. The number of nitroso groups, excluding NO2 is 1. The molecule has 1 saturated carbocycles. The number of amides is 2. The number of Topliss-reactive ketones (excluding diaryl/α,β-unsaturated/α-hetero) is 1. The molecule has 2 amide bonds. The van der Waals surface area contributed by atoms with Crippen LogP contribution in [-0.2, 0) is 43.1 Å². The van der Waals surface area contributed by atoms with E-state index in [9.17, 15) is 36.1 Å². The van der Waals surface area contributed by atoms with Crippen molar-refractivity contribution >= 4 is 37.8 Å². The van der Waals surface area contributed by atoms with Crippen molar-refractivity contribution in [1.82, 2.24) is 5.06 Å². The molecule has 18 nitrogen and oxygen atoms in total. The van der Waals surface area contributed by atoms with Gasteiger partial charge in [-0.3, -0.25) is 14.4 Å². The largest absolute Gasteiger partial charge is 0.496 e. The van der Waals surface area contributed by atoms with Crippen LogP contribution >= 0.6 is 0 Å². The monoisotopic (exact) mass is 739 g/mol. The van der Waals surface area contributed by atoms with E-state index in [1.54, 1.807) is 0 Å². The minimum absolute atomic E-state index is 0.0415. The molecule has 0 aromatic heterocycles. The number of benzene rings is 2. The molecule has 20 heteroatoms. The lowest BCUT2D eigenvalue weighted by Gasteiger charge is -2.33. The first-order chi connectivity index (χ1) is 23.7. The summed E-state index contributed by atoms with van der Waals surface area (Å²) in [6.45, 7) is 0. The molecule has 3 aliphatic carbocycles. The number of ketones is 1. The fourth-order valence-electron chi connectivity index (χ4n) is 7.12. The Bertz CT molecular complexity index is 2010. The molecule has 2 heterocycles. The van der Waals surface area contributed by atoms with Crippen LogP contribution < -0.4 is 28.4 Å². The second kappa shape index (κ2) is 12.5. The molecule has 50 heavy (non-hydrogen) atoms. The van der Waals surface area contributed by atoms with Crippen molar-refractivity contribution in [2.45, 2.75) is 22.1 Å². The Kier molecular flexibility index (Phi) is 8.77. The van der Waals surface area contributed by atoms with Crippen LogP contribution in [0.3, 0.4) is 0 Å². The van der Waals surface area contributed by atoms with Crippen LogP contribution in [0.2, 0.25) is 0 Å². The Morgan fingerprint density at radius 1 is 0.620 bits per heavy atom. The highest BCUT2D eigenvalue weighted by molar-refractivity contribution is 7.87. The molecule has 7 atom stereocenters. The van der Waals surface area contributed by atoms with Gasteiger partial charge in [-0.1, -0.05) is 6.08 Å². The van der Waals surface area contributed by atoms with Crippen LogP contribution in [0.15, 0.2) is 46.2 Å². The van der Waals surface area contributed by atoms with E-state index in [-0.39, 0.29) is 44.3 Å². The van der Waals surface area contributed by atoms with Gasteiger partial charge in [-0.05, 0) is 6.08 Å². The molecule has 5 aliphatic rings. The van der Waals surface area contributed by atoms with Gasteiger partial charge < -0.3 is 28.4 Å². The highest BCUT2D eigenvalue weighted by Crippen LogP contribution is 2.56. The molecule has 2 saturated heterocycles. The number of ether oxygens (including phenoxy) is 6. The molecule has 4 bridgehead atoms. The molecular weight excluding hydrogens is 708 g/mol. The van der Waals surface area contributed by atoms with Gasteiger partial charge in [0.05, 0.1) is 60.4 Å². The van der Waals surface area contributed by atoms with Crippen LogP contribution in [0.1, 0.15) is 0 Å². The first-order valence-electron chi connectivity index (χ1n) is 14.7. The summed E-state index contributed by atoms with van der Waals surface area (Å²) >= 11 is 0. The summed E-state index contributed by atoms with van der Waals surface area (Å²) in [5.41, 5.74) is 0. The first kappa shape index (κ1) is 35.1. The average Bonchev–Trinajstić information content (AvgIpc) is 3.34. The average molecular weight is 740 g/mol. The number of allylic oxidation sites excluding steroid dienone is 1. The molecule has 2 aromatic rings. The topological polar surface area (TPSA) is 217 Å². The Hall–Kier alpha value is -4.79. The number of carbonyl (C=O) groups is 3. The molecule has 7 rings (SSSR count). The van der Waals surface area contributed by atoms with E-state index < -0.39 is 89.5 Å². The molecule has 268 valence electrons. The number of hydrogen-bond acceptors (Lipinski definition) is 16. The zero-order valence-corrected chi connectivity index (χ0v) is 28.9. The summed E-state index contributed by atoms with van der Waals surface area (Å²) in [5, 5.41) is 0.0415. The van der Waals surface area contributed by atoms with Crippen molar-refractivity contribution in [3.63, 3.8) is 0 Å². The highest BCUT2D eigenvalue weighted by Gasteiger charge is 2.75. The Morgan fingerprint density at radius 3 is 1.54 bits per heavy atom. The minimum Gasteiger partial charge on any atom is -0.496 e. The van der Waals surface area contributed by atoms with Gasteiger partial charge in [-0.15, -0.1) is 9.35 Å². The molecule has 7 unspecified atom stereocenters. The number of carbonyl (C=O) groups excluding carboxylic acids is 3. The minimum atomic E-state index is -5.04. The molecule has 2 aromatic carbocycles. The van der Waals surface area contributed by atoms with Crippen LogP contribution in [0, 0.1) is 34.5 Å². The van der Waals surface area contributed by atoms with Crippen LogP contribution in [0.25, 0.3) is 0 Å². The molecule has 3 fully saturated rings. The van der Waals surface area contributed by atoms with Gasteiger partial charge in [0.15, 0.2) is 15.6 Å². The highest BCUT2D eigenvalue weighted by atomic mass is 32.2. The lowest BCUT2D eigenvalue weighted by Crippen LogP contribution is -2.49. The van der Waals surface area contributed by atoms with Gasteiger partial charge in [-0.25, -0.2) is 0 Å². The summed E-state index contributed by atoms with van der Waals surface area (Å²) < 4.78 is 96.7. The summed E-state index contributed by atoms with van der Waals surface area (Å²) in [5.74, 6) is -10.9. The van der Waals surface area contributed by atoms with Crippen molar-refractivity contribution in [3.8, 4) is 34.5 Å². The van der Waals surface area contributed by atoms with Gasteiger partial charge in [-0.2, -0.15) is 21.0 Å². The predicted molar refractivity (Wildman–Crippen MR) is 163 cm³/mol. The molecule has 2 aliphatic heterocycles. The van der Waals surface area contributed by atoms with Crippen LogP contribution in [0.4, 0.5) is 0 Å². The molecular formula is C30H31N2O16S2+. The van der Waals surface area contributed by atoms with Gasteiger partial charge >= 0.3 is 26.5 Å². The van der Waals surface area contributed by atoms with Crippen molar-refractivity contribution in [2.24, 2.45) is 29.6 Å². The number of nitrogens with zero attached hydrogens (tertiary/aromatic N) is 2. The zero-order valence-electron chi connectivity index (χ0n) is 27.2. The third-order valence-electron chi connectivity index (χ3n) is 9.23. The fraction of sp³-hybridized carbons (Fsp3) is 0.433. The Morgan fingerprint density at radius 2 is 1.08 bits per heavy atom. The van der Waals surface area contributed by atoms with E-state index in [1.807, 2.05) is 0 Å². The number of hydroxylamine groups is 2. The fourth-order valence-corrected chi connectivity index (χ4v) is 9.66. The maximum Gasteiger partial charge on any atom is 0.330 e. The van der Waals surface area contributed by atoms with Crippen molar-refractivity contribution in [1.29, 1.82) is 0 Å². The van der Waals surface area contributed by atoms with E-state index >= 15 is 0 Å². The van der Waals surface area contributed by atoms with Crippen LogP contribution in [-0.4, -0.2) is 99.2 Å². The first-order valence-corrected chi connectivity index (χ1v) is 17.5. The van der Waals surface area contributed by atoms with Crippen molar-refractivity contribution in [3.05, 3.63) is 41.3 Å². The molecule has 0 radical (unpaired) electrons. The third kappa shape index (κ3) is 5.15. The lowest BCUT2D eigenvalue weighted by atomic mass is 9.63. The maximum absolute atomic E-state index is 14.0. The van der Waals surface area contributed by atoms with Gasteiger partial charge in [0.2, 0.25) is 6.04 Å². The Balaban J connectivity index is 1.36.